The van der Waals surface area contributed by atoms with Crippen molar-refractivity contribution < 1.29 is 4.79 Å². The van der Waals surface area contributed by atoms with E-state index in [2.05, 4.69) is 32.6 Å². The van der Waals surface area contributed by atoms with Crippen LogP contribution in [0, 0.1) is 0 Å². The van der Waals surface area contributed by atoms with Gasteiger partial charge in [-0.15, -0.1) is 0 Å². The molecule has 1 unspecified atom stereocenters. The largest absolute Gasteiger partial charge is 0.326 e. The molecule has 2 aliphatic rings. The van der Waals surface area contributed by atoms with Gasteiger partial charge in [-0.1, -0.05) is 12.1 Å². The zero-order chi connectivity index (χ0) is 15.4. The fourth-order valence-electron chi connectivity index (χ4n) is 3.39. The first kappa shape index (κ1) is 15.5. The third-order valence-electron chi connectivity index (χ3n) is 4.64. The number of anilines is 1. The Morgan fingerprint density at radius 1 is 1.23 bits per heavy atom. The topological polar surface area (TPSA) is 47.6 Å². The maximum absolute atomic E-state index is 11.0. The van der Waals surface area contributed by atoms with Crippen molar-refractivity contribution in [3.05, 3.63) is 29.8 Å². The highest BCUT2D eigenvalue weighted by Gasteiger charge is 2.25. The van der Waals surface area contributed by atoms with Gasteiger partial charge >= 0.3 is 0 Å². The van der Waals surface area contributed by atoms with Crippen LogP contribution in [0.25, 0.3) is 0 Å². The average molecular weight is 302 g/mol. The zero-order valence-electron chi connectivity index (χ0n) is 13.3. The minimum Gasteiger partial charge on any atom is -0.326 e. The molecule has 2 aliphatic heterocycles. The number of rotatable bonds is 4. The molecule has 1 atom stereocenters. The second-order valence-corrected chi connectivity index (χ2v) is 6.34. The van der Waals surface area contributed by atoms with Gasteiger partial charge in [0.15, 0.2) is 0 Å². The smallest absolute Gasteiger partial charge is 0.221 e. The average Bonchev–Trinajstić information content (AvgIpc) is 3.04. The minimum atomic E-state index is -0.0229. The van der Waals surface area contributed by atoms with Gasteiger partial charge in [-0.2, -0.15) is 0 Å². The highest BCUT2D eigenvalue weighted by Crippen LogP contribution is 2.15. The summed E-state index contributed by atoms with van der Waals surface area (Å²) in [5.74, 6) is -0.0229. The third-order valence-corrected chi connectivity index (χ3v) is 4.64. The number of piperazine rings is 1. The molecular weight excluding hydrogens is 276 g/mol. The molecule has 0 aromatic heterocycles. The number of nitrogens with one attached hydrogen (secondary N) is 2. The van der Waals surface area contributed by atoms with Gasteiger partial charge in [-0.05, 0) is 30.7 Å². The standard InChI is InChI=1S/C17H26N4O/c1-14(22)19-16-4-2-15(3-5-16)13-20-8-10-21(11-9-20)17-6-7-18-12-17/h2-5,17-18H,6-13H2,1H3,(H,19,22). The van der Waals surface area contributed by atoms with E-state index in [0.29, 0.717) is 0 Å². The summed E-state index contributed by atoms with van der Waals surface area (Å²) >= 11 is 0. The van der Waals surface area contributed by atoms with Gasteiger partial charge < -0.3 is 10.6 Å². The Kier molecular flexibility index (Phi) is 5.08. The van der Waals surface area contributed by atoms with Gasteiger partial charge in [0.25, 0.3) is 0 Å². The lowest BCUT2D eigenvalue weighted by atomic mass is 10.1. The molecule has 2 saturated heterocycles. The first-order valence-corrected chi connectivity index (χ1v) is 8.24. The summed E-state index contributed by atoms with van der Waals surface area (Å²) in [5.41, 5.74) is 2.18. The van der Waals surface area contributed by atoms with E-state index in [1.54, 1.807) is 0 Å². The molecule has 0 spiro atoms. The highest BCUT2D eigenvalue weighted by molar-refractivity contribution is 5.88. The molecule has 3 rings (SSSR count). The Morgan fingerprint density at radius 2 is 1.95 bits per heavy atom. The lowest BCUT2D eigenvalue weighted by Gasteiger charge is -2.37. The number of hydrogen-bond acceptors (Lipinski definition) is 4. The molecule has 22 heavy (non-hydrogen) atoms. The Bertz CT molecular complexity index is 488. The van der Waals surface area contributed by atoms with Gasteiger partial charge in [0.2, 0.25) is 5.91 Å². The van der Waals surface area contributed by atoms with Gasteiger partial charge in [-0.25, -0.2) is 0 Å². The van der Waals surface area contributed by atoms with Gasteiger partial charge in [-0.3, -0.25) is 14.6 Å². The summed E-state index contributed by atoms with van der Waals surface area (Å²) in [6.07, 6.45) is 1.30. The van der Waals surface area contributed by atoms with E-state index < -0.39 is 0 Å². The molecule has 5 nitrogen and oxygen atoms in total. The van der Waals surface area contributed by atoms with E-state index >= 15 is 0 Å². The minimum absolute atomic E-state index is 0.0229. The van der Waals surface area contributed by atoms with Crippen molar-refractivity contribution in [3.63, 3.8) is 0 Å². The van der Waals surface area contributed by atoms with Crippen LogP contribution in [0.1, 0.15) is 18.9 Å². The quantitative estimate of drug-likeness (QED) is 0.875. The van der Waals surface area contributed by atoms with Gasteiger partial charge in [0, 0.05) is 57.9 Å². The Balaban J connectivity index is 1.46. The van der Waals surface area contributed by atoms with Crippen LogP contribution >= 0.6 is 0 Å². The Hall–Kier alpha value is -1.43. The lowest BCUT2D eigenvalue weighted by Crippen LogP contribution is -2.50. The van der Waals surface area contributed by atoms with Crippen LogP contribution in [0.2, 0.25) is 0 Å². The summed E-state index contributed by atoms with van der Waals surface area (Å²) in [6, 6.07) is 8.94. The number of benzene rings is 1. The SMILES string of the molecule is CC(=O)Nc1ccc(CN2CCN(C3CCNC3)CC2)cc1. The molecule has 1 amide bonds. The predicted molar refractivity (Wildman–Crippen MR) is 88.9 cm³/mol. The maximum Gasteiger partial charge on any atom is 0.221 e. The van der Waals surface area contributed by atoms with Crippen LogP contribution in [-0.4, -0.2) is 61.0 Å². The first-order valence-electron chi connectivity index (χ1n) is 8.24. The van der Waals surface area contributed by atoms with Crippen molar-refractivity contribution in [2.45, 2.75) is 25.9 Å². The highest BCUT2D eigenvalue weighted by atomic mass is 16.1. The van der Waals surface area contributed by atoms with Crippen molar-refractivity contribution in [3.8, 4) is 0 Å². The molecule has 0 bridgehead atoms. The second kappa shape index (κ2) is 7.22. The summed E-state index contributed by atoms with van der Waals surface area (Å²) in [7, 11) is 0. The molecule has 0 aliphatic carbocycles. The van der Waals surface area contributed by atoms with Gasteiger partial charge in [0.05, 0.1) is 0 Å². The van der Waals surface area contributed by atoms with Crippen molar-refractivity contribution in [2.24, 2.45) is 0 Å². The van der Waals surface area contributed by atoms with Crippen LogP contribution in [0.5, 0.6) is 0 Å². The molecule has 0 radical (unpaired) electrons. The summed E-state index contributed by atoms with van der Waals surface area (Å²) < 4.78 is 0. The number of amides is 1. The molecule has 2 heterocycles. The summed E-state index contributed by atoms with van der Waals surface area (Å²) in [5, 5.41) is 6.26. The van der Waals surface area contributed by atoms with Crippen LogP contribution < -0.4 is 10.6 Å². The van der Waals surface area contributed by atoms with Crippen molar-refractivity contribution in [2.75, 3.05) is 44.6 Å². The molecular formula is C17H26N4O. The molecule has 120 valence electrons. The molecule has 1 aromatic rings. The van der Waals surface area contributed by atoms with Crippen molar-refractivity contribution in [1.29, 1.82) is 0 Å². The molecule has 1 aromatic carbocycles. The Morgan fingerprint density at radius 3 is 2.55 bits per heavy atom. The van der Waals surface area contributed by atoms with Crippen LogP contribution in [0.15, 0.2) is 24.3 Å². The van der Waals surface area contributed by atoms with Crippen LogP contribution in [-0.2, 0) is 11.3 Å². The molecule has 2 N–H and O–H groups in total. The van der Waals surface area contributed by atoms with Crippen molar-refractivity contribution >= 4 is 11.6 Å². The fraction of sp³-hybridized carbons (Fsp3) is 0.588. The van der Waals surface area contributed by atoms with E-state index in [9.17, 15) is 4.79 Å². The molecule has 0 saturated carbocycles. The number of carbonyl (C=O) groups excluding carboxylic acids is 1. The van der Waals surface area contributed by atoms with Crippen LogP contribution in [0.4, 0.5) is 5.69 Å². The van der Waals surface area contributed by atoms with E-state index in [0.717, 1.165) is 37.9 Å². The van der Waals surface area contributed by atoms with E-state index in [1.807, 2.05) is 12.1 Å². The normalized spacial score (nSPS) is 23.6. The Labute approximate surface area is 132 Å². The maximum atomic E-state index is 11.0. The second-order valence-electron chi connectivity index (χ2n) is 6.34. The number of nitrogens with zero attached hydrogens (tertiary/aromatic N) is 2. The van der Waals surface area contributed by atoms with E-state index in [4.69, 9.17) is 0 Å². The first-order chi connectivity index (χ1) is 10.7. The number of carbonyl (C=O) groups is 1. The summed E-state index contributed by atoms with van der Waals surface area (Å²) in [4.78, 5) is 16.2. The molecule has 5 heteroatoms. The fourth-order valence-corrected chi connectivity index (χ4v) is 3.39. The van der Waals surface area contributed by atoms with E-state index in [-0.39, 0.29) is 5.91 Å². The third kappa shape index (κ3) is 4.06. The lowest BCUT2D eigenvalue weighted by molar-refractivity contribution is -0.114. The number of hydrogen-bond donors (Lipinski definition) is 2. The predicted octanol–water partition coefficient (Wildman–Crippen LogP) is 1.12. The zero-order valence-corrected chi connectivity index (χ0v) is 13.3. The monoisotopic (exact) mass is 302 g/mol. The van der Waals surface area contributed by atoms with Gasteiger partial charge in [0.1, 0.15) is 0 Å². The van der Waals surface area contributed by atoms with Crippen molar-refractivity contribution in [1.82, 2.24) is 15.1 Å². The van der Waals surface area contributed by atoms with E-state index in [1.165, 1.54) is 38.5 Å². The van der Waals surface area contributed by atoms with Crippen LogP contribution in [0.3, 0.4) is 0 Å². The summed E-state index contributed by atoms with van der Waals surface area (Å²) in [6.45, 7) is 9.50. The molecule has 2 fully saturated rings.